The minimum Gasteiger partial charge on any atom is -0.449 e. The normalized spacial score (nSPS) is 24.1. The molecule has 20 heavy (non-hydrogen) atoms. The van der Waals surface area contributed by atoms with Gasteiger partial charge in [-0.15, -0.1) is 0 Å². The lowest BCUT2D eigenvalue weighted by Gasteiger charge is -2.30. The summed E-state index contributed by atoms with van der Waals surface area (Å²) >= 11 is 0. The van der Waals surface area contributed by atoms with Crippen LogP contribution in [-0.2, 0) is 9.53 Å². The number of amides is 2. The second-order valence-corrected chi connectivity index (χ2v) is 6.24. The number of hydrogen-bond donors (Lipinski definition) is 2. The van der Waals surface area contributed by atoms with Crippen LogP contribution >= 0.6 is 0 Å². The van der Waals surface area contributed by atoms with Gasteiger partial charge in [-0.05, 0) is 31.6 Å². The van der Waals surface area contributed by atoms with Crippen molar-refractivity contribution in [3.05, 3.63) is 0 Å². The number of rotatable bonds is 5. The Morgan fingerprint density at radius 3 is 2.45 bits per heavy atom. The maximum atomic E-state index is 12.0. The SMILES string of the molecule is CC(C)COC(=O)N[C@@H](C)C(=O)N[C@@H]1CCCC[C@@H]1C. The van der Waals surface area contributed by atoms with Gasteiger partial charge in [-0.1, -0.05) is 33.6 Å². The van der Waals surface area contributed by atoms with Gasteiger partial charge in [-0.25, -0.2) is 4.79 Å². The average molecular weight is 284 g/mol. The molecule has 0 saturated heterocycles. The zero-order valence-corrected chi connectivity index (χ0v) is 13.1. The number of alkyl carbamates (subject to hydrolysis) is 1. The standard InChI is InChI=1S/C15H28N2O3/c1-10(2)9-20-15(19)16-12(4)14(18)17-13-8-6-5-7-11(13)3/h10-13H,5-9H2,1-4H3,(H,16,19)(H,17,18)/t11-,12-,13+/m0/s1. The fourth-order valence-electron chi connectivity index (χ4n) is 2.36. The molecule has 5 nitrogen and oxygen atoms in total. The Kier molecular flexibility index (Phi) is 6.82. The van der Waals surface area contributed by atoms with E-state index in [0.717, 1.165) is 19.3 Å². The minimum absolute atomic E-state index is 0.134. The first-order valence-electron chi connectivity index (χ1n) is 7.63. The predicted molar refractivity (Wildman–Crippen MR) is 78.3 cm³/mol. The summed E-state index contributed by atoms with van der Waals surface area (Å²) in [5.41, 5.74) is 0. The average Bonchev–Trinajstić information content (AvgIpc) is 2.39. The molecule has 1 rings (SSSR count). The fourth-order valence-corrected chi connectivity index (χ4v) is 2.36. The Bertz CT molecular complexity index is 331. The van der Waals surface area contributed by atoms with E-state index in [1.54, 1.807) is 6.92 Å². The third-order valence-electron chi connectivity index (χ3n) is 3.71. The molecule has 0 radical (unpaired) electrons. The molecule has 0 aliphatic heterocycles. The molecular weight excluding hydrogens is 256 g/mol. The molecule has 2 N–H and O–H groups in total. The molecule has 116 valence electrons. The maximum Gasteiger partial charge on any atom is 0.407 e. The third-order valence-corrected chi connectivity index (χ3v) is 3.71. The maximum absolute atomic E-state index is 12.0. The highest BCUT2D eigenvalue weighted by Crippen LogP contribution is 2.23. The van der Waals surface area contributed by atoms with Gasteiger partial charge in [-0.3, -0.25) is 4.79 Å². The number of nitrogens with one attached hydrogen (secondary N) is 2. The number of carbonyl (C=O) groups excluding carboxylic acids is 2. The van der Waals surface area contributed by atoms with Crippen LogP contribution in [0.5, 0.6) is 0 Å². The van der Waals surface area contributed by atoms with E-state index in [1.165, 1.54) is 6.42 Å². The molecular formula is C15H28N2O3. The molecule has 2 amide bonds. The molecule has 0 unspecified atom stereocenters. The Balaban J connectivity index is 2.32. The van der Waals surface area contributed by atoms with E-state index in [-0.39, 0.29) is 17.9 Å². The van der Waals surface area contributed by atoms with Gasteiger partial charge < -0.3 is 15.4 Å². The summed E-state index contributed by atoms with van der Waals surface area (Å²) in [6.07, 6.45) is 4.05. The molecule has 0 spiro atoms. The molecule has 1 fully saturated rings. The van der Waals surface area contributed by atoms with Crippen molar-refractivity contribution in [1.29, 1.82) is 0 Å². The number of ether oxygens (including phenoxy) is 1. The van der Waals surface area contributed by atoms with E-state index < -0.39 is 12.1 Å². The van der Waals surface area contributed by atoms with Crippen LogP contribution in [0, 0.1) is 11.8 Å². The molecule has 0 aromatic heterocycles. The highest BCUT2D eigenvalue weighted by molar-refractivity contribution is 5.85. The summed E-state index contributed by atoms with van der Waals surface area (Å²) < 4.78 is 5.01. The topological polar surface area (TPSA) is 67.4 Å². The lowest BCUT2D eigenvalue weighted by Crippen LogP contribution is -2.50. The zero-order chi connectivity index (χ0) is 15.1. The van der Waals surface area contributed by atoms with Gasteiger partial charge in [0.1, 0.15) is 6.04 Å². The van der Waals surface area contributed by atoms with Gasteiger partial charge in [-0.2, -0.15) is 0 Å². The quantitative estimate of drug-likeness (QED) is 0.815. The summed E-state index contributed by atoms with van der Waals surface area (Å²) in [6, 6.07) is -0.337. The van der Waals surface area contributed by atoms with Gasteiger partial charge in [0.05, 0.1) is 6.61 Å². The Morgan fingerprint density at radius 2 is 1.85 bits per heavy atom. The molecule has 1 saturated carbocycles. The molecule has 3 atom stereocenters. The molecule has 1 aliphatic rings. The van der Waals surface area contributed by atoms with Crippen LogP contribution in [0.1, 0.15) is 53.4 Å². The Morgan fingerprint density at radius 1 is 1.20 bits per heavy atom. The highest BCUT2D eigenvalue weighted by atomic mass is 16.5. The largest absolute Gasteiger partial charge is 0.449 e. The van der Waals surface area contributed by atoms with Gasteiger partial charge in [0.2, 0.25) is 5.91 Å². The molecule has 0 bridgehead atoms. The lowest BCUT2D eigenvalue weighted by atomic mass is 9.86. The van der Waals surface area contributed by atoms with Gasteiger partial charge in [0.15, 0.2) is 0 Å². The summed E-state index contributed by atoms with van der Waals surface area (Å²) in [5.74, 6) is 0.658. The van der Waals surface area contributed by atoms with Crippen molar-refractivity contribution >= 4 is 12.0 Å². The first-order chi connectivity index (χ1) is 9.40. The van der Waals surface area contributed by atoms with Crippen molar-refractivity contribution in [2.24, 2.45) is 11.8 Å². The van der Waals surface area contributed by atoms with Crippen LogP contribution < -0.4 is 10.6 Å². The van der Waals surface area contributed by atoms with Crippen molar-refractivity contribution in [3.63, 3.8) is 0 Å². The first-order valence-corrected chi connectivity index (χ1v) is 7.63. The van der Waals surface area contributed by atoms with Crippen molar-refractivity contribution in [2.45, 2.75) is 65.5 Å². The van der Waals surface area contributed by atoms with E-state index in [1.807, 2.05) is 13.8 Å². The Labute approximate surface area is 121 Å². The van der Waals surface area contributed by atoms with Crippen LogP contribution in [-0.4, -0.2) is 30.7 Å². The highest BCUT2D eigenvalue weighted by Gasteiger charge is 2.25. The van der Waals surface area contributed by atoms with Crippen LogP contribution in [0.4, 0.5) is 4.79 Å². The minimum atomic E-state index is -0.566. The van der Waals surface area contributed by atoms with E-state index in [4.69, 9.17) is 4.74 Å². The number of carbonyl (C=O) groups is 2. The summed E-state index contributed by atoms with van der Waals surface area (Å²) in [7, 11) is 0. The van der Waals surface area contributed by atoms with Crippen LogP contribution in [0.15, 0.2) is 0 Å². The summed E-state index contributed by atoms with van der Waals surface area (Å²) in [5, 5.41) is 5.60. The molecule has 0 aromatic rings. The predicted octanol–water partition coefficient (Wildman–Crippen LogP) is 2.45. The molecule has 1 aliphatic carbocycles. The summed E-state index contributed by atoms with van der Waals surface area (Å²) in [4.78, 5) is 23.6. The lowest BCUT2D eigenvalue weighted by molar-refractivity contribution is -0.124. The van der Waals surface area contributed by atoms with Crippen molar-refractivity contribution < 1.29 is 14.3 Å². The van der Waals surface area contributed by atoms with E-state index in [2.05, 4.69) is 17.6 Å². The van der Waals surface area contributed by atoms with Gasteiger partial charge in [0.25, 0.3) is 0 Å². The van der Waals surface area contributed by atoms with Crippen LogP contribution in [0.3, 0.4) is 0 Å². The van der Waals surface area contributed by atoms with E-state index in [9.17, 15) is 9.59 Å². The van der Waals surface area contributed by atoms with Crippen LogP contribution in [0.25, 0.3) is 0 Å². The van der Waals surface area contributed by atoms with Crippen molar-refractivity contribution in [2.75, 3.05) is 6.61 Å². The molecule has 0 heterocycles. The van der Waals surface area contributed by atoms with Crippen molar-refractivity contribution in [3.8, 4) is 0 Å². The van der Waals surface area contributed by atoms with E-state index in [0.29, 0.717) is 12.5 Å². The van der Waals surface area contributed by atoms with Gasteiger partial charge in [0, 0.05) is 6.04 Å². The monoisotopic (exact) mass is 284 g/mol. The fraction of sp³-hybridized carbons (Fsp3) is 0.867. The van der Waals surface area contributed by atoms with E-state index >= 15 is 0 Å². The van der Waals surface area contributed by atoms with Crippen molar-refractivity contribution in [1.82, 2.24) is 10.6 Å². The Hall–Kier alpha value is -1.26. The first kappa shape index (κ1) is 16.8. The molecule has 5 heteroatoms. The molecule has 0 aromatic carbocycles. The second kappa shape index (κ2) is 8.12. The summed E-state index contributed by atoms with van der Waals surface area (Å²) in [6.45, 7) is 8.14. The zero-order valence-electron chi connectivity index (χ0n) is 13.1. The smallest absolute Gasteiger partial charge is 0.407 e. The number of hydrogen-bond acceptors (Lipinski definition) is 3. The third kappa shape index (κ3) is 5.80. The second-order valence-electron chi connectivity index (χ2n) is 6.24. The van der Waals surface area contributed by atoms with Crippen LogP contribution in [0.2, 0.25) is 0 Å². The van der Waals surface area contributed by atoms with Gasteiger partial charge >= 0.3 is 6.09 Å².